The summed E-state index contributed by atoms with van der Waals surface area (Å²) in [6.45, 7) is 2.16. The fraction of sp³-hybridized carbons (Fsp3) is 0.333. The highest BCUT2D eigenvalue weighted by Gasteiger charge is 2.27. The van der Waals surface area contributed by atoms with Crippen LogP contribution in [0, 0.1) is 11.6 Å². The van der Waals surface area contributed by atoms with Crippen LogP contribution < -0.4 is 9.03 Å². The minimum atomic E-state index is -4.26. The van der Waals surface area contributed by atoms with Gasteiger partial charge in [0.1, 0.15) is 16.5 Å². The molecular formula is C18H20F2N2O4S2. The lowest BCUT2D eigenvalue weighted by Gasteiger charge is -2.30. The normalized spacial score (nSPS) is 14.6. The molecule has 0 saturated carbocycles. The van der Waals surface area contributed by atoms with Crippen LogP contribution in [0.15, 0.2) is 41.3 Å². The van der Waals surface area contributed by atoms with Crippen LogP contribution >= 0.6 is 0 Å². The van der Waals surface area contributed by atoms with E-state index in [1.165, 1.54) is 10.4 Å². The third-order valence-corrected chi connectivity index (χ3v) is 7.78. The van der Waals surface area contributed by atoms with Crippen LogP contribution in [0.25, 0.3) is 0 Å². The average molecular weight is 430 g/mol. The van der Waals surface area contributed by atoms with Gasteiger partial charge in [0.2, 0.25) is 10.0 Å². The van der Waals surface area contributed by atoms with Crippen molar-refractivity contribution in [2.75, 3.05) is 21.3 Å². The van der Waals surface area contributed by atoms with Crippen LogP contribution in [0.3, 0.4) is 0 Å². The van der Waals surface area contributed by atoms with Gasteiger partial charge in [-0.25, -0.2) is 25.6 Å². The lowest BCUT2D eigenvalue weighted by Crippen LogP contribution is -2.37. The molecule has 0 spiro atoms. The van der Waals surface area contributed by atoms with Gasteiger partial charge in [0.15, 0.2) is 0 Å². The second kappa shape index (κ2) is 7.67. The Kier molecular flexibility index (Phi) is 5.62. The fourth-order valence-electron chi connectivity index (χ4n) is 3.19. The number of benzene rings is 2. The number of rotatable bonds is 6. The van der Waals surface area contributed by atoms with Crippen LogP contribution in [0.4, 0.5) is 20.2 Å². The van der Waals surface area contributed by atoms with Crippen LogP contribution in [0.2, 0.25) is 0 Å². The molecule has 0 saturated heterocycles. The minimum absolute atomic E-state index is 0.0324. The van der Waals surface area contributed by atoms with Crippen LogP contribution in [0.5, 0.6) is 0 Å². The maximum atomic E-state index is 13.8. The Morgan fingerprint density at radius 1 is 1.07 bits per heavy atom. The molecule has 0 atom stereocenters. The van der Waals surface area contributed by atoms with Crippen molar-refractivity contribution in [3.63, 3.8) is 0 Å². The lowest BCUT2D eigenvalue weighted by molar-refractivity contribution is 0.551. The van der Waals surface area contributed by atoms with E-state index in [9.17, 15) is 25.6 Å². The largest absolute Gasteiger partial charge is 0.280 e. The summed E-state index contributed by atoms with van der Waals surface area (Å²) in [6, 6.07) is 6.73. The first-order valence-corrected chi connectivity index (χ1v) is 11.8. The van der Waals surface area contributed by atoms with Crippen molar-refractivity contribution in [1.82, 2.24) is 0 Å². The standard InChI is InChI=1S/C18H20F2N2O4S2/c1-2-10-27(23,24)22-9-3-4-13-11-15(6-7-17(13)22)21-28(25,26)18-8-5-14(19)12-16(18)20/h5-8,11-12,21H,2-4,9-10H2,1H3. The van der Waals surface area contributed by atoms with Gasteiger partial charge >= 0.3 is 0 Å². The Morgan fingerprint density at radius 2 is 1.82 bits per heavy atom. The molecule has 2 aromatic carbocycles. The first-order valence-electron chi connectivity index (χ1n) is 8.75. The molecule has 3 rings (SSSR count). The molecule has 1 aliphatic heterocycles. The molecule has 0 aromatic heterocycles. The highest BCUT2D eigenvalue weighted by atomic mass is 32.2. The van der Waals surface area contributed by atoms with Crippen molar-refractivity contribution in [3.8, 4) is 0 Å². The first-order chi connectivity index (χ1) is 13.1. The zero-order chi connectivity index (χ0) is 20.5. The molecule has 1 heterocycles. The number of anilines is 2. The second-order valence-electron chi connectivity index (χ2n) is 6.52. The Labute approximate surface area is 163 Å². The second-order valence-corrected chi connectivity index (χ2v) is 10.2. The maximum absolute atomic E-state index is 13.8. The number of nitrogens with one attached hydrogen (secondary N) is 1. The van der Waals surface area contributed by atoms with Crippen molar-refractivity contribution in [1.29, 1.82) is 0 Å². The summed E-state index contributed by atoms with van der Waals surface area (Å²) in [5.74, 6) is -2.04. The van der Waals surface area contributed by atoms with E-state index in [-0.39, 0.29) is 11.4 Å². The third kappa shape index (κ3) is 4.12. The van der Waals surface area contributed by atoms with Crippen molar-refractivity contribution in [2.24, 2.45) is 0 Å². The van der Waals surface area contributed by atoms with Gasteiger partial charge in [0.05, 0.1) is 11.4 Å². The van der Waals surface area contributed by atoms with Gasteiger partial charge in [-0.3, -0.25) is 9.03 Å². The molecule has 152 valence electrons. The molecule has 10 heteroatoms. The number of hydrogen-bond acceptors (Lipinski definition) is 4. The number of aryl methyl sites for hydroxylation is 1. The predicted molar refractivity (Wildman–Crippen MR) is 103 cm³/mol. The molecule has 0 aliphatic carbocycles. The quantitative estimate of drug-likeness (QED) is 0.763. The smallest absolute Gasteiger partial charge is 0.264 e. The van der Waals surface area contributed by atoms with Crippen molar-refractivity contribution < 1.29 is 25.6 Å². The van der Waals surface area contributed by atoms with Gasteiger partial charge in [-0.2, -0.15) is 0 Å². The predicted octanol–water partition coefficient (Wildman–Crippen LogP) is 3.26. The minimum Gasteiger partial charge on any atom is -0.280 e. The zero-order valence-corrected chi connectivity index (χ0v) is 16.8. The molecule has 0 bridgehead atoms. The van der Waals surface area contributed by atoms with E-state index < -0.39 is 36.6 Å². The van der Waals surface area contributed by atoms with E-state index in [1.807, 2.05) is 0 Å². The molecule has 0 unspecified atom stereocenters. The van der Waals surface area contributed by atoms with Crippen molar-refractivity contribution in [3.05, 3.63) is 53.6 Å². The van der Waals surface area contributed by atoms with Gasteiger partial charge < -0.3 is 0 Å². The van der Waals surface area contributed by atoms with E-state index in [1.54, 1.807) is 19.1 Å². The SMILES string of the molecule is CCCS(=O)(=O)N1CCCc2cc(NS(=O)(=O)c3ccc(F)cc3F)ccc21. The summed E-state index contributed by atoms with van der Waals surface area (Å²) >= 11 is 0. The zero-order valence-electron chi connectivity index (χ0n) is 15.2. The van der Waals surface area contributed by atoms with Gasteiger partial charge in [-0.1, -0.05) is 6.92 Å². The van der Waals surface area contributed by atoms with E-state index in [4.69, 9.17) is 0 Å². The van der Waals surface area contributed by atoms with E-state index >= 15 is 0 Å². The number of halogens is 2. The lowest BCUT2D eigenvalue weighted by atomic mass is 10.0. The highest BCUT2D eigenvalue weighted by Crippen LogP contribution is 2.32. The van der Waals surface area contributed by atoms with Gasteiger partial charge in [-0.05, 0) is 55.2 Å². The Hall–Kier alpha value is -2.20. The molecule has 2 aromatic rings. The molecule has 0 radical (unpaired) electrons. The summed E-state index contributed by atoms with van der Waals surface area (Å²) in [5, 5.41) is 0. The summed E-state index contributed by atoms with van der Waals surface area (Å²) in [5.41, 5.74) is 1.39. The number of nitrogens with zero attached hydrogens (tertiary/aromatic N) is 1. The molecule has 6 nitrogen and oxygen atoms in total. The first kappa shape index (κ1) is 20.5. The molecule has 28 heavy (non-hydrogen) atoms. The summed E-state index contributed by atoms with van der Waals surface area (Å²) < 4.78 is 80.3. The average Bonchev–Trinajstić information content (AvgIpc) is 2.60. The topological polar surface area (TPSA) is 83.6 Å². The van der Waals surface area contributed by atoms with Gasteiger partial charge in [0, 0.05) is 18.3 Å². The van der Waals surface area contributed by atoms with E-state index in [2.05, 4.69) is 4.72 Å². The third-order valence-electron chi connectivity index (χ3n) is 4.39. The molecule has 1 aliphatic rings. The van der Waals surface area contributed by atoms with Gasteiger partial charge in [0.25, 0.3) is 10.0 Å². The Morgan fingerprint density at radius 3 is 2.50 bits per heavy atom. The maximum Gasteiger partial charge on any atom is 0.264 e. The number of fused-ring (bicyclic) bond motifs is 1. The van der Waals surface area contributed by atoms with E-state index in [0.717, 1.165) is 12.1 Å². The molecular weight excluding hydrogens is 410 g/mol. The van der Waals surface area contributed by atoms with E-state index in [0.29, 0.717) is 43.1 Å². The number of hydrogen-bond donors (Lipinski definition) is 1. The fourth-order valence-corrected chi connectivity index (χ4v) is 5.92. The molecule has 1 N–H and O–H groups in total. The van der Waals surface area contributed by atoms with Crippen molar-refractivity contribution >= 4 is 31.4 Å². The Balaban J connectivity index is 1.92. The summed E-state index contributed by atoms with van der Waals surface area (Å²) in [6.07, 6.45) is 1.70. The van der Waals surface area contributed by atoms with Gasteiger partial charge in [-0.15, -0.1) is 0 Å². The van der Waals surface area contributed by atoms with Crippen molar-refractivity contribution in [2.45, 2.75) is 31.1 Å². The summed E-state index contributed by atoms with van der Waals surface area (Å²) in [4.78, 5) is -0.668. The van der Waals surface area contributed by atoms with Crippen LogP contribution in [-0.4, -0.2) is 29.1 Å². The molecule has 0 fully saturated rings. The summed E-state index contributed by atoms with van der Waals surface area (Å²) in [7, 11) is -7.70. The number of sulfonamides is 2. The van der Waals surface area contributed by atoms with Crippen LogP contribution in [-0.2, 0) is 26.5 Å². The monoisotopic (exact) mass is 430 g/mol. The van der Waals surface area contributed by atoms with Crippen LogP contribution in [0.1, 0.15) is 25.3 Å². The highest BCUT2D eigenvalue weighted by molar-refractivity contribution is 7.93. The molecule has 0 amide bonds. The Bertz CT molecular complexity index is 1100.